The summed E-state index contributed by atoms with van der Waals surface area (Å²) >= 11 is 0. The zero-order valence-corrected chi connectivity index (χ0v) is 17.4. The lowest BCUT2D eigenvalue weighted by atomic mass is 10.2. The van der Waals surface area contributed by atoms with Crippen molar-refractivity contribution in [3.63, 3.8) is 0 Å². The van der Waals surface area contributed by atoms with Crippen LogP contribution in [0.2, 0.25) is 0 Å². The van der Waals surface area contributed by atoms with Gasteiger partial charge < -0.3 is 10.5 Å². The molecule has 1 saturated heterocycles. The molecule has 7 heteroatoms. The number of benzene rings is 3. The molecular weight excluding hydrogens is 407 g/mol. The number of rotatable bonds is 6. The number of ether oxygens (including phenoxy) is 1. The van der Waals surface area contributed by atoms with Gasteiger partial charge in [0.1, 0.15) is 23.1 Å². The lowest BCUT2D eigenvalue weighted by molar-refractivity contribution is -0.119. The molecule has 1 aliphatic heterocycles. The fourth-order valence-electron chi connectivity index (χ4n) is 4.35. The molecule has 1 aromatic heterocycles. The Morgan fingerprint density at radius 1 is 1.03 bits per heavy atom. The van der Waals surface area contributed by atoms with E-state index in [9.17, 15) is 9.18 Å². The second-order valence-electron chi connectivity index (χ2n) is 7.94. The highest BCUT2D eigenvalue weighted by Gasteiger charge is 2.31. The van der Waals surface area contributed by atoms with Crippen molar-refractivity contribution in [3.8, 4) is 17.2 Å². The van der Waals surface area contributed by atoms with Crippen LogP contribution in [0.5, 0.6) is 11.5 Å². The third-order valence-corrected chi connectivity index (χ3v) is 5.75. The van der Waals surface area contributed by atoms with Gasteiger partial charge in [-0.05, 0) is 80.1 Å². The molecule has 1 aliphatic rings. The molecule has 1 fully saturated rings. The maximum atomic E-state index is 13.1. The van der Waals surface area contributed by atoms with Gasteiger partial charge in [0.05, 0.1) is 23.6 Å². The zero-order chi connectivity index (χ0) is 22.1. The van der Waals surface area contributed by atoms with Crippen molar-refractivity contribution >= 4 is 16.9 Å². The highest BCUT2D eigenvalue weighted by molar-refractivity contribution is 5.79. The molecule has 0 bridgehead atoms. The molecule has 1 amide bonds. The number of likely N-dealkylation sites (tertiary alicyclic amines) is 1. The lowest BCUT2D eigenvalue weighted by Crippen LogP contribution is -2.34. The summed E-state index contributed by atoms with van der Waals surface area (Å²) in [4.78, 5) is 18.6. The predicted octanol–water partition coefficient (Wildman–Crippen LogP) is 4.58. The molecule has 0 saturated carbocycles. The Bertz CT molecular complexity index is 1250. The molecule has 0 aliphatic carbocycles. The summed E-state index contributed by atoms with van der Waals surface area (Å²) in [6, 6.07) is 21.7. The number of hydrogen-bond acceptors (Lipinski definition) is 4. The van der Waals surface area contributed by atoms with Crippen LogP contribution in [0.25, 0.3) is 16.7 Å². The highest BCUT2D eigenvalue weighted by Crippen LogP contribution is 2.35. The minimum absolute atomic E-state index is 0.0186. The first-order valence-corrected chi connectivity index (χ1v) is 10.6. The smallest absolute Gasteiger partial charge is 0.231 e. The number of primary amides is 1. The Kier molecular flexibility index (Phi) is 5.33. The third-order valence-electron chi connectivity index (χ3n) is 5.75. The summed E-state index contributed by atoms with van der Waals surface area (Å²) in [5.74, 6) is 1.49. The van der Waals surface area contributed by atoms with E-state index in [1.165, 1.54) is 12.1 Å². The van der Waals surface area contributed by atoms with E-state index >= 15 is 0 Å². The average molecular weight is 430 g/mol. The SMILES string of the molecule is NC(=O)CN1CCCC1c1nc2ccccc2n1-c1ccc(Oc2ccc(F)cc2)cc1. The molecule has 5 rings (SSSR count). The number of carbonyl (C=O) groups excluding carboxylic acids is 1. The van der Waals surface area contributed by atoms with Gasteiger partial charge >= 0.3 is 0 Å². The monoisotopic (exact) mass is 430 g/mol. The molecule has 2 N–H and O–H groups in total. The van der Waals surface area contributed by atoms with Crippen molar-refractivity contribution in [1.82, 2.24) is 14.5 Å². The Labute approximate surface area is 185 Å². The number of nitrogens with zero attached hydrogens (tertiary/aromatic N) is 3. The first-order chi connectivity index (χ1) is 15.6. The molecule has 3 aromatic carbocycles. The Morgan fingerprint density at radius 3 is 2.44 bits per heavy atom. The summed E-state index contributed by atoms with van der Waals surface area (Å²) in [6.45, 7) is 1.04. The number of carbonyl (C=O) groups is 1. The number of imidazole rings is 1. The molecular formula is C25H23FN4O2. The van der Waals surface area contributed by atoms with E-state index in [0.717, 1.165) is 41.9 Å². The van der Waals surface area contributed by atoms with E-state index in [1.54, 1.807) is 12.1 Å². The third kappa shape index (κ3) is 3.94. The van der Waals surface area contributed by atoms with Gasteiger partial charge in [0, 0.05) is 5.69 Å². The molecule has 1 unspecified atom stereocenters. The van der Waals surface area contributed by atoms with Gasteiger partial charge in [0.25, 0.3) is 0 Å². The zero-order valence-electron chi connectivity index (χ0n) is 17.4. The standard InChI is InChI=1S/C25H23FN4O2/c26-17-7-11-19(12-8-17)32-20-13-9-18(10-14-20)30-22-5-2-1-4-21(22)28-25(30)23-6-3-15-29(23)16-24(27)31/h1-2,4-5,7-14,23H,3,6,15-16H2,(H2,27,31). The van der Waals surface area contributed by atoms with Gasteiger partial charge in [-0.15, -0.1) is 0 Å². The second kappa shape index (κ2) is 8.43. The number of fused-ring (bicyclic) bond motifs is 1. The maximum absolute atomic E-state index is 13.1. The first-order valence-electron chi connectivity index (χ1n) is 10.6. The van der Waals surface area contributed by atoms with Crippen LogP contribution in [-0.4, -0.2) is 33.4 Å². The van der Waals surface area contributed by atoms with Crippen molar-refractivity contribution in [3.05, 3.63) is 84.4 Å². The molecule has 162 valence electrons. The number of aromatic nitrogens is 2. The van der Waals surface area contributed by atoms with Crippen LogP contribution in [0.4, 0.5) is 4.39 Å². The number of nitrogens with two attached hydrogens (primary N) is 1. The van der Waals surface area contributed by atoms with Gasteiger partial charge in [0.15, 0.2) is 0 Å². The van der Waals surface area contributed by atoms with E-state index in [4.69, 9.17) is 15.5 Å². The molecule has 6 nitrogen and oxygen atoms in total. The van der Waals surface area contributed by atoms with Gasteiger partial charge in [-0.25, -0.2) is 9.37 Å². The number of para-hydroxylation sites is 2. The van der Waals surface area contributed by atoms with Gasteiger partial charge in [-0.2, -0.15) is 0 Å². The van der Waals surface area contributed by atoms with Gasteiger partial charge in [0.2, 0.25) is 5.91 Å². The largest absolute Gasteiger partial charge is 0.457 e. The van der Waals surface area contributed by atoms with Crippen LogP contribution in [0.15, 0.2) is 72.8 Å². The van der Waals surface area contributed by atoms with Crippen LogP contribution < -0.4 is 10.5 Å². The van der Waals surface area contributed by atoms with Gasteiger partial charge in [-0.3, -0.25) is 14.3 Å². The number of amides is 1. The maximum Gasteiger partial charge on any atom is 0.231 e. The summed E-state index contributed by atoms with van der Waals surface area (Å²) < 4.78 is 21.1. The lowest BCUT2D eigenvalue weighted by Gasteiger charge is -2.23. The van der Waals surface area contributed by atoms with E-state index in [1.807, 2.05) is 48.5 Å². The topological polar surface area (TPSA) is 73.4 Å². The molecule has 4 aromatic rings. The van der Waals surface area contributed by atoms with Crippen molar-refractivity contribution in [1.29, 1.82) is 0 Å². The average Bonchev–Trinajstić information content (AvgIpc) is 3.39. The van der Waals surface area contributed by atoms with Crippen LogP contribution in [0.1, 0.15) is 24.7 Å². The first kappa shape index (κ1) is 20.2. The van der Waals surface area contributed by atoms with E-state index in [-0.39, 0.29) is 24.3 Å². The van der Waals surface area contributed by atoms with Crippen molar-refractivity contribution in [2.75, 3.05) is 13.1 Å². The Hall–Kier alpha value is -3.71. The quantitative estimate of drug-likeness (QED) is 0.486. The molecule has 32 heavy (non-hydrogen) atoms. The van der Waals surface area contributed by atoms with Crippen LogP contribution in [-0.2, 0) is 4.79 Å². The van der Waals surface area contributed by atoms with E-state index in [0.29, 0.717) is 11.5 Å². The number of hydrogen-bond donors (Lipinski definition) is 1. The van der Waals surface area contributed by atoms with Crippen LogP contribution in [0, 0.1) is 5.82 Å². The fraction of sp³-hybridized carbons (Fsp3) is 0.200. The Balaban J connectivity index is 1.51. The summed E-state index contributed by atoms with van der Waals surface area (Å²) in [5.41, 5.74) is 8.34. The molecule has 0 radical (unpaired) electrons. The Morgan fingerprint density at radius 2 is 1.72 bits per heavy atom. The molecule has 2 heterocycles. The minimum atomic E-state index is -0.332. The molecule has 0 spiro atoms. The minimum Gasteiger partial charge on any atom is -0.457 e. The van der Waals surface area contributed by atoms with Crippen LogP contribution >= 0.6 is 0 Å². The van der Waals surface area contributed by atoms with E-state index < -0.39 is 0 Å². The van der Waals surface area contributed by atoms with Crippen molar-refractivity contribution in [2.45, 2.75) is 18.9 Å². The van der Waals surface area contributed by atoms with Crippen molar-refractivity contribution < 1.29 is 13.9 Å². The summed E-state index contributed by atoms with van der Waals surface area (Å²) in [5, 5.41) is 0. The van der Waals surface area contributed by atoms with Crippen molar-refractivity contribution in [2.24, 2.45) is 5.73 Å². The normalized spacial score (nSPS) is 16.5. The van der Waals surface area contributed by atoms with Crippen LogP contribution in [0.3, 0.4) is 0 Å². The second-order valence-corrected chi connectivity index (χ2v) is 7.94. The fourth-order valence-corrected chi connectivity index (χ4v) is 4.35. The van der Waals surface area contributed by atoms with Gasteiger partial charge in [-0.1, -0.05) is 12.1 Å². The summed E-state index contributed by atoms with van der Waals surface area (Å²) in [6.07, 6.45) is 1.91. The number of halogens is 1. The molecule has 1 atom stereocenters. The van der Waals surface area contributed by atoms with E-state index in [2.05, 4.69) is 9.47 Å². The highest BCUT2D eigenvalue weighted by atomic mass is 19.1. The summed E-state index contributed by atoms with van der Waals surface area (Å²) in [7, 11) is 0. The predicted molar refractivity (Wildman–Crippen MR) is 120 cm³/mol.